The molecule has 144 valence electrons. The van der Waals surface area contributed by atoms with E-state index in [4.69, 9.17) is 0 Å². The van der Waals surface area contributed by atoms with Crippen LogP contribution in [-0.4, -0.2) is 26.1 Å². The van der Waals surface area contributed by atoms with Crippen molar-refractivity contribution in [3.8, 4) is 17.3 Å². The minimum atomic E-state index is -4.73. The van der Waals surface area contributed by atoms with Crippen molar-refractivity contribution in [2.75, 3.05) is 0 Å². The van der Waals surface area contributed by atoms with Gasteiger partial charge in [-0.25, -0.2) is 4.98 Å². The second-order valence-corrected chi connectivity index (χ2v) is 6.63. The molecule has 5 nitrogen and oxygen atoms in total. The lowest BCUT2D eigenvalue weighted by Gasteiger charge is -2.07. The number of nitrogens with zero attached hydrogens (tertiary/aromatic N) is 3. The minimum absolute atomic E-state index is 0.295. The van der Waals surface area contributed by atoms with E-state index in [1.54, 1.807) is 0 Å². The summed E-state index contributed by atoms with van der Waals surface area (Å²) in [5, 5.41) is 4.59. The van der Waals surface area contributed by atoms with E-state index in [0.717, 1.165) is 11.3 Å². The Kier molecular flexibility index (Phi) is 4.33. The highest BCUT2D eigenvalue weighted by atomic mass is 19.4. The van der Waals surface area contributed by atoms with E-state index < -0.39 is 6.36 Å². The Bertz CT molecular complexity index is 1130. The van der Waals surface area contributed by atoms with Crippen LogP contribution in [-0.2, 0) is 6.54 Å². The molecule has 0 amide bonds. The Morgan fingerprint density at radius 1 is 1.04 bits per heavy atom. The molecule has 0 aliphatic rings. The fourth-order valence-electron chi connectivity index (χ4n) is 2.96. The molecule has 1 N–H and O–H groups in total. The maximum Gasteiger partial charge on any atom is 0.573 e. The Labute approximate surface area is 158 Å². The number of aryl methyl sites for hydroxylation is 2. The Balaban J connectivity index is 1.62. The summed E-state index contributed by atoms with van der Waals surface area (Å²) in [6.07, 6.45) is -4.73. The van der Waals surface area contributed by atoms with Gasteiger partial charge in [-0.1, -0.05) is 29.8 Å². The van der Waals surface area contributed by atoms with Crippen molar-refractivity contribution in [1.29, 1.82) is 0 Å². The van der Waals surface area contributed by atoms with Crippen molar-refractivity contribution in [2.45, 2.75) is 26.8 Å². The molecule has 0 saturated carbocycles. The van der Waals surface area contributed by atoms with Crippen molar-refractivity contribution >= 4 is 11.0 Å². The molecule has 2 aromatic carbocycles. The Hall–Kier alpha value is -3.29. The van der Waals surface area contributed by atoms with E-state index in [1.165, 1.54) is 23.8 Å². The standard InChI is InChI=1S/C20H17F3N4O/c1-12-3-5-14(6-4-12)11-27-13(2)9-18(26-27)19-24-16-8-7-15(10-17(16)25-19)28-20(21,22)23/h3-10H,11H2,1-2H3,(H,24,25). The third-order valence-electron chi connectivity index (χ3n) is 4.36. The summed E-state index contributed by atoms with van der Waals surface area (Å²) in [5.41, 5.74) is 4.88. The van der Waals surface area contributed by atoms with Gasteiger partial charge in [-0.2, -0.15) is 5.10 Å². The topological polar surface area (TPSA) is 55.7 Å². The molecule has 0 spiro atoms. The van der Waals surface area contributed by atoms with Gasteiger partial charge in [-0.3, -0.25) is 4.68 Å². The molecule has 0 saturated heterocycles. The van der Waals surface area contributed by atoms with Gasteiger partial charge in [0.25, 0.3) is 0 Å². The number of aromatic amines is 1. The van der Waals surface area contributed by atoms with E-state index in [9.17, 15) is 13.2 Å². The summed E-state index contributed by atoms with van der Waals surface area (Å²) in [6.45, 7) is 4.60. The fourth-order valence-corrected chi connectivity index (χ4v) is 2.96. The molecule has 0 atom stereocenters. The van der Waals surface area contributed by atoms with Crippen LogP contribution >= 0.6 is 0 Å². The number of ether oxygens (including phenoxy) is 1. The molecule has 0 aliphatic carbocycles. The van der Waals surface area contributed by atoms with Crippen LogP contribution in [0.15, 0.2) is 48.5 Å². The minimum Gasteiger partial charge on any atom is -0.406 e. The number of rotatable bonds is 4. The van der Waals surface area contributed by atoms with Crippen LogP contribution in [0.1, 0.15) is 16.8 Å². The lowest BCUT2D eigenvalue weighted by atomic mass is 10.1. The molecule has 8 heteroatoms. The molecule has 0 unspecified atom stereocenters. The first-order chi connectivity index (χ1) is 13.3. The number of nitrogens with one attached hydrogen (secondary N) is 1. The molecular weight excluding hydrogens is 369 g/mol. The molecule has 0 radical (unpaired) electrons. The van der Waals surface area contributed by atoms with Gasteiger partial charge in [0.05, 0.1) is 17.6 Å². The van der Waals surface area contributed by atoms with E-state index in [1.807, 2.05) is 24.6 Å². The lowest BCUT2D eigenvalue weighted by Crippen LogP contribution is -2.16. The predicted octanol–water partition coefficient (Wildman–Crippen LogP) is 4.99. The quantitative estimate of drug-likeness (QED) is 0.538. The summed E-state index contributed by atoms with van der Waals surface area (Å²) >= 11 is 0. The monoisotopic (exact) mass is 386 g/mol. The van der Waals surface area contributed by atoms with Crippen LogP contribution in [0.2, 0.25) is 0 Å². The normalized spacial score (nSPS) is 11.9. The summed E-state index contributed by atoms with van der Waals surface area (Å²) in [7, 11) is 0. The number of hydrogen-bond acceptors (Lipinski definition) is 3. The van der Waals surface area contributed by atoms with Crippen molar-refractivity contribution in [2.24, 2.45) is 0 Å². The molecule has 0 bridgehead atoms. The van der Waals surface area contributed by atoms with Crippen LogP contribution in [0.5, 0.6) is 5.75 Å². The van der Waals surface area contributed by atoms with Crippen LogP contribution in [0.4, 0.5) is 13.2 Å². The van der Waals surface area contributed by atoms with Crippen molar-refractivity contribution in [3.63, 3.8) is 0 Å². The van der Waals surface area contributed by atoms with Gasteiger partial charge < -0.3 is 9.72 Å². The molecule has 2 heterocycles. The molecule has 4 aromatic rings. The SMILES string of the molecule is Cc1ccc(Cn2nc(-c3nc4ccc(OC(F)(F)F)cc4[nH]3)cc2C)cc1. The zero-order chi connectivity index (χ0) is 19.9. The Morgan fingerprint density at radius 3 is 2.50 bits per heavy atom. The number of alkyl halides is 3. The van der Waals surface area contributed by atoms with E-state index in [0.29, 0.717) is 29.1 Å². The molecule has 2 aromatic heterocycles. The van der Waals surface area contributed by atoms with Gasteiger partial charge in [0, 0.05) is 11.8 Å². The van der Waals surface area contributed by atoms with Crippen LogP contribution in [0, 0.1) is 13.8 Å². The number of halogens is 3. The smallest absolute Gasteiger partial charge is 0.406 e. The first-order valence-electron chi connectivity index (χ1n) is 8.63. The largest absolute Gasteiger partial charge is 0.573 e. The summed E-state index contributed by atoms with van der Waals surface area (Å²) in [4.78, 5) is 7.44. The first kappa shape index (κ1) is 18.1. The summed E-state index contributed by atoms with van der Waals surface area (Å²) in [5.74, 6) is 0.196. The van der Waals surface area contributed by atoms with Crippen molar-refractivity contribution < 1.29 is 17.9 Å². The van der Waals surface area contributed by atoms with Gasteiger partial charge in [0.1, 0.15) is 11.4 Å². The average molecular weight is 386 g/mol. The lowest BCUT2D eigenvalue weighted by molar-refractivity contribution is -0.274. The third-order valence-corrected chi connectivity index (χ3v) is 4.36. The number of H-pyrrole nitrogens is 1. The molecule has 4 rings (SSSR count). The molecular formula is C20H17F3N4O. The number of aromatic nitrogens is 4. The third kappa shape index (κ3) is 3.85. The van der Waals surface area contributed by atoms with Gasteiger partial charge in [-0.15, -0.1) is 13.2 Å². The molecule has 0 aliphatic heterocycles. The van der Waals surface area contributed by atoms with E-state index in [2.05, 4.69) is 44.1 Å². The Morgan fingerprint density at radius 2 is 1.79 bits per heavy atom. The second kappa shape index (κ2) is 6.70. The highest BCUT2D eigenvalue weighted by Crippen LogP contribution is 2.27. The van der Waals surface area contributed by atoms with Crippen LogP contribution < -0.4 is 4.74 Å². The number of hydrogen-bond donors (Lipinski definition) is 1. The second-order valence-electron chi connectivity index (χ2n) is 6.63. The van der Waals surface area contributed by atoms with E-state index in [-0.39, 0.29) is 5.75 Å². The highest BCUT2D eigenvalue weighted by molar-refractivity contribution is 5.80. The highest BCUT2D eigenvalue weighted by Gasteiger charge is 2.31. The van der Waals surface area contributed by atoms with Crippen LogP contribution in [0.3, 0.4) is 0 Å². The van der Waals surface area contributed by atoms with E-state index >= 15 is 0 Å². The predicted molar refractivity (Wildman–Crippen MR) is 99.0 cm³/mol. The fraction of sp³-hybridized carbons (Fsp3) is 0.200. The number of imidazole rings is 1. The molecule has 0 fully saturated rings. The summed E-state index contributed by atoms with van der Waals surface area (Å²) in [6, 6.07) is 14.1. The van der Waals surface area contributed by atoms with Gasteiger partial charge >= 0.3 is 6.36 Å². The van der Waals surface area contributed by atoms with Crippen molar-refractivity contribution in [1.82, 2.24) is 19.7 Å². The molecule has 28 heavy (non-hydrogen) atoms. The summed E-state index contributed by atoms with van der Waals surface area (Å²) < 4.78 is 43.0. The van der Waals surface area contributed by atoms with Crippen molar-refractivity contribution in [3.05, 3.63) is 65.4 Å². The number of benzene rings is 2. The first-order valence-corrected chi connectivity index (χ1v) is 8.63. The van der Waals surface area contributed by atoms with Gasteiger partial charge in [0.15, 0.2) is 5.82 Å². The van der Waals surface area contributed by atoms with Crippen LogP contribution in [0.25, 0.3) is 22.6 Å². The van der Waals surface area contributed by atoms with Gasteiger partial charge in [-0.05, 0) is 37.6 Å². The zero-order valence-electron chi connectivity index (χ0n) is 15.2. The maximum absolute atomic E-state index is 12.4. The van der Waals surface area contributed by atoms with Gasteiger partial charge in [0.2, 0.25) is 0 Å². The number of fused-ring (bicyclic) bond motifs is 1. The maximum atomic E-state index is 12.4. The average Bonchev–Trinajstić information content (AvgIpc) is 3.19. The zero-order valence-corrected chi connectivity index (χ0v) is 15.2.